The Labute approximate surface area is 225 Å². The van der Waals surface area contributed by atoms with Crippen LogP contribution in [-0.2, 0) is 30.2 Å². The van der Waals surface area contributed by atoms with Crippen LogP contribution in [0, 0.1) is 0 Å². The summed E-state index contributed by atoms with van der Waals surface area (Å²) in [6.45, 7) is 0.808. The number of ether oxygens (including phenoxy) is 1. The molecule has 1 aromatic carbocycles. The van der Waals surface area contributed by atoms with Crippen LogP contribution in [0.4, 0.5) is 4.79 Å². The molecule has 3 N–H and O–H groups in total. The average Bonchev–Trinajstić information content (AvgIpc) is 3.41. The number of aromatic amines is 1. The Hall–Kier alpha value is -3.21. The van der Waals surface area contributed by atoms with Crippen molar-refractivity contribution in [2.24, 2.45) is 19.3 Å². The summed E-state index contributed by atoms with van der Waals surface area (Å²) in [5.74, 6) is 0.294. The molecule has 0 spiro atoms. The fourth-order valence-corrected chi connectivity index (χ4v) is 4.11. The number of oxime groups is 1. The van der Waals surface area contributed by atoms with Crippen molar-refractivity contribution in [1.29, 1.82) is 0 Å². The number of aliphatic hydroxyl groups excluding tert-OH is 1. The first-order valence-electron chi connectivity index (χ1n) is 10.5. The highest BCUT2D eigenvalue weighted by atomic mass is 35.5. The number of benzene rings is 1. The van der Waals surface area contributed by atoms with Gasteiger partial charge in [0.05, 0.1) is 0 Å². The molecule has 17 heteroatoms. The number of amides is 1. The number of hydrogen-bond donors (Lipinski definition) is 3. The smallest absolute Gasteiger partial charge is 0.355 e. The second kappa shape index (κ2) is 14.5. The molecule has 1 amide bonds. The third kappa shape index (κ3) is 7.41. The number of hydrogen-bond acceptors (Lipinski definition) is 11. The molecule has 0 atom stereocenters. The molecular weight excluding hydrogens is 548 g/mol. The summed E-state index contributed by atoms with van der Waals surface area (Å²) in [5.41, 5.74) is 0.510. The first-order chi connectivity index (χ1) is 17.8. The minimum absolute atomic E-state index is 0.0633. The molecule has 0 unspecified atom stereocenters. The molecule has 0 bridgehead atoms. The molecular formula is C20H27ClN8O6S2. The van der Waals surface area contributed by atoms with Gasteiger partial charge in [0.25, 0.3) is 5.90 Å². The minimum atomic E-state index is -0.653. The predicted octanol–water partition coefficient (Wildman–Crippen LogP) is 0.862. The Morgan fingerprint density at radius 2 is 1.86 bits per heavy atom. The van der Waals surface area contributed by atoms with E-state index in [9.17, 15) is 14.4 Å². The fourth-order valence-electron chi connectivity index (χ4n) is 2.86. The summed E-state index contributed by atoms with van der Waals surface area (Å²) in [6, 6.07) is 4.55. The van der Waals surface area contributed by atoms with Crippen LogP contribution < -0.4 is 16.7 Å². The molecule has 202 valence electrons. The number of aromatic nitrogens is 6. The van der Waals surface area contributed by atoms with Crippen molar-refractivity contribution in [2.45, 2.75) is 16.9 Å². The first-order valence-corrected chi connectivity index (χ1v) is 13.3. The van der Waals surface area contributed by atoms with E-state index < -0.39 is 11.7 Å². The van der Waals surface area contributed by atoms with Crippen molar-refractivity contribution in [2.75, 3.05) is 32.8 Å². The Morgan fingerprint density at radius 1 is 1.16 bits per heavy atom. The number of aliphatic hydroxyl groups is 1. The maximum Gasteiger partial charge on any atom is 0.355 e. The van der Waals surface area contributed by atoms with Gasteiger partial charge in [-0.3, -0.25) is 9.13 Å². The number of H-pyrrole nitrogens is 1. The van der Waals surface area contributed by atoms with Gasteiger partial charge in [0.1, 0.15) is 6.61 Å². The van der Waals surface area contributed by atoms with Crippen LogP contribution in [-0.4, -0.2) is 79.0 Å². The van der Waals surface area contributed by atoms with Gasteiger partial charge in [-0.1, -0.05) is 41.2 Å². The van der Waals surface area contributed by atoms with Gasteiger partial charge in [0, 0.05) is 43.9 Å². The van der Waals surface area contributed by atoms with Crippen molar-refractivity contribution < 1.29 is 19.5 Å². The lowest BCUT2D eigenvalue weighted by Gasteiger charge is -2.17. The molecule has 37 heavy (non-hydrogen) atoms. The van der Waals surface area contributed by atoms with Gasteiger partial charge in [0.2, 0.25) is 0 Å². The minimum Gasteiger partial charge on any atom is -0.471 e. The Morgan fingerprint density at radius 3 is 2.38 bits per heavy atom. The van der Waals surface area contributed by atoms with Crippen molar-refractivity contribution in [3.63, 3.8) is 0 Å². The summed E-state index contributed by atoms with van der Waals surface area (Å²) in [5, 5.41) is 25.1. The number of nitrogens with one attached hydrogen (secondary N) is 2. The lowest BCUT2D eigenvalue weighted by Crippen LogP contribution is -2.37. The maximum absolute atomic E-state index is 12.4. The van der Waals surface area contributed by atoms with Crippen molar-refractivity contribution >= 4 is 47.1 Å². The number of carbonyl (C=O) groups excluding carboxylic acids is 1. The van der Waals surface area contributed by atoms with Crippen LogP contribution in [0.5, 0.6) is 0 Å². The van der Waals surface area contributed by atoms with Crippen LogP contribution in [0.25, 0.3) is 0 Å². The number of halogens is 1. The van der Waals surface area contributed by atoms with E-state index in [1.165, 1.54) is 32.7 Å². The zero-order valence-electron chi connectivity index (χ0n) is 20.7. The zero-order chi connectivity index (χ0) is 27.5. The van der Waals surface area contributed by atoms with E-state index in [1.807, 2.05) is 6.26 Å². The number of nitrogens with zero attached hydrogens (tertiary/aromatic N) is 6. The van der Waals surface area contributed by atoms with Gasteiger partial charge in [-0.05, 0) is 29.8 Å². The van der Waals surface area contributed by atoms with Crippen molar-refractivity contribution in [1.82, 2.24) is 34.4 Å². The van der Waals surface area contributed by atoms with E-state index in [0.717, 1.165) is 11.8 Å². The van der Waals surface area contributed by atoms with Crippen LogP contribution in [0.15, 0.2) is 43.3 Å². The molecule has 3 aromatic rings. The summed E-state index contributed by atoms with van der Waals surface area (Å²) in [7, 11) is 4.23. The fraction of sp³-hybridized carbons (Fsp3) is 0.400. The average molecular weight is 575 g/mol. The Bertz CT molecular complexity index is 1350. The number of carbonyl (C=O) groups is 1. The normalized spacial score (nSPS) is 12.1. The standard InChI is InChI=1S/C15H16ClN5O4S.C4H7N3OS.CH4O/c1-20-14(26-2)18-21(15(20)23)13(22)17-8-10-9(4-3-5-11(10)16)12-19-25-7-6-24-12;1-7-3(8)5-6-4(7)9-2;1-2/h3-5H,6-8H2,1-2H3,(H,17,22);1-2H3,(H,5,8);2H,1H3. The summed E-state index contributed by atoms with van der Waals surface area (Å²) in [6.07, 6.45) is 3.64. The van der Waals surface area contributed by atoms with E-state index in [2.05, 4.69) is 25.8 Å². The molecule has 0 fully saturated rings. The van der Waals surface area contributed by atoms with E-state index in [4.69, 9.17) is 26.3 Å². The quantitative estimate of drug-likeness (QED) is 0.371. The monoisotopic (exact) mass is 574 g/mol. The Balaban J connectivity index is 0.000000367. The maximum atomic E-state index is 12.4. The summed E-state index contributed by atoms with van der Waals surface area (Å²) < 4.78 is 9.02. The van der Waals surface area contributed by atoms with Crippen LogP contribution >= 0.6 is 35.1 Å². The van der Waals surface area contributed by atoms with Gasteiger partial charge >= 0.3 is 17.4 Å². The highest BCUT2D eigenvalue weighted by Crippen LogP contribution is 2.22. The van der Waals surface area contributed by atoms with Crippen molar-refractivity contribution in [3.8, 4) is 0 Å². The molecule has 0 saturated carbocycles. The molecule has 0 saturated heterocycles. The largest absolute Gasteiger partial charge is 0.471 e. The summed E-state index contributed by atoms with van der Waals surface area (Å²) >= 11 is 8.97. The lowest BCUT2D eigenvalue weighted by atomic mass is 10.1. The van der Waals surface area contributed by atoms with Gasteiger partial charge in [-0.25, -0.2) is 19.5 Å². The molecule has 4 rings (SSSR count). The van der Waals surface area contributed by atoms with E-state index in [-0.39, 0.29) is 12.2 Å². The highest BCUT2D eigenvalue weighted by molar-refractivity contribution is 7.98. The number of thioether (sulfide) groups is 2. The predicted molar refractivity (Wildman–Crippen MR) is 141 cm³/mol. The summed E-state index contributed by atoms with van der Waals surface area (Å²) in [4.78, 5) is 40.1. The van der Waals surface area contributed by atoms with E-state index in [0.29, 0.717) is 45.6 Å². The SMILES string of the molecule is CO.CSc1n[nH]c(=O)n1C.CSc1nn(C(=O)NCc2c(Cl)cccc2C2=NOCCO2)c(=O)n1C. The van der Waals surface area contributed by atoms with Crippen LogP contribution in [0.2, 0.25) is 5.02 Å². The Kier molecular flexibility index (Phi) is 11.8. The molecule has 0 aliphatic carbocycles. The molecule has 1 aliphatic rings. The molecule has 14 nitrogen and oxygen atoms in total. The molecule has 3 heterocycles. The van der Waals surface area contributed by atoms with Crippen LogP contribution in [0.1, 0.15) is 11.1 Å². The second-order valence-corrected chi connectivity index (χ2v) is 8.77. The van der Waals surface area contributed by atoms with Crippen LogP contribution in [0.3, 0.4) is 0 Å². The van der Waals surface area contributed by atoms with E-state index in [1.54, 1.807) is 38.6 Å². The number of rotatable bonds is 5. The van der Waals surface area contributed by atoms with Gasteiger partial charge < -0.3 is 20.0 Å². The second-order valence-electron chi connectivity index (χ2n) is 6.82. The molecule has 1 aliphatic heterocycles. The third-order valence-corrected chi connectivity index (χ3v) is 6.47. The molecule has 0 radical (unpaired) electrons. The third-order valence-electron chi connectivity index (χ3n) is 4.66. The lowest BCUT2D eigenvalue weighted by molar-refractivity contribution is 0.0655. The molecule has 2 aromatic heterocycles. The topological polar surface area (TPSA) is 171 Å². The first kappa shape index (κ1) is 30.0. The zero-order valence-corrected chi connectivity index (χ0v) is 23.1. The van der Waals surface area contributed by atoms with Gasteiger partial charge in [-0.2, -0.15) is 0 Å². The van der Waals surface area contributed by atoms with E-state index >= 15 is 0 Å². The van der Waals surface area contributed by atoms with Gasteiger partial charge in [-0.15, -0.1) is 14.9 Å². The van der Waals surface area contributed by atoms with Gasteiger partial charge in [0.15, 0.2) is 16.9 Å². The van der Waals surface area contributed by atoms with Crippen molar-refractivity contribution in [3.05, 3.63) is 55.3 Å². The highest BCUT2D eigenvalue weighted by Gasteiger charge is 2.20.